The first kappa shape index (κ1) is 15.6. The predicted octanol–water partition coefficient (Wildman–Crippen LogP) is 2.28. The molecule has 118 valence electrons. The molecular weight excluding hydrogens is 288 g/mol. The first-order valence-corrected chi connectivity index (χ1v) is 7.99. The summed E-state index contributed by atoms with van der Waals surface area (Å²) in [6.07, 6.45) is 1.76. The molecule has 1 saturated heterocycles. The number of ether oxygens (including phenoxy) is 1. The zero-order valence-electron chi connectivity index (χ0n) is 13.1. The van der Waals surface area contributed by atoms with Crippen LogP contribution in [0.2, 0.25) is 0 Å². The first-order chi connectivity index (χ1) is 11.4. The molecule has 1 aliphatic rings. The molecule has 2 heterocycles. The van der Waals surface area contributed by atoms with Crippen LogP contribution in [-0.4, -0.2) is 47.9 Å². The molecule has 0 amide bonds. The Labute approximate surface area is 136 Å². The van der Waals surface area contributed by atoms with Crippen molar-refractivity contribution in [2.45, 2.75) is 12.8 Å². The lowest BCUT2D eigenvalue weighted by molar-refractivity contribution is 0.0374. The maximum atomic E-state index is 9.39. The minimum Gasteiger partial charge on any atom is -0.379 e. The zero-order valence-corrected chi connectivity index (χ0v) is 13.1. The van der Waals surface area contributed by atoms with Crippen molar-refractivity contribution in [3.05, 3.63) is 47.7 Å². The van der Waals surface area contributed by atoms with Gasteiger partial charge in [0, 0.05) is 18.7 Å². The molecule has 0 bridgehead atoms. The number of nitrogens with zero attached hydrogens (tertiary/aromatic N) is 4. The molecule has 1 aromatic heterocycles. The number of benzene rings is 1. The standard InChI is InChI=1S/C18H20N4O/c19-14-16-13-18(15-5-2-1-3-6-15)21-20-17(16)7-4-8-22-9-11-23-12-10-22/h1-3,5-6,13H,4,7-12H2. The van der Waals surface area contributed by atoms with Crippen LogP contribution in [0.1, 0.15) is 17.7 Å². The second-order valence-electron chi connectivity index (χ2n) is 5.63. The largest absolute Gasteiger partial charge is 0.379 e. The maximum Gasteiger partial charge on any atom is 0.101 e. The van der Waals surface area contributed by atoms with Gasteiger partial charge < -0.3 is 4.74 Å². The van der Waals surface area contributed by atoms with Crippen molar-refractivity contribution >= 4 is 0 Å². The third-order valence-electron chi connectivity index (χ3n) is 4.05. The van der Waals surface area contributed by atoms with E-state index >= 15 is 0 Å². The van der Waals surface area contributed by atoms with Crippen LogP contribution in [0.3, 0.4) is 0 Å². The molecule has 3 rings (SSSR count). The molecular formula is C18H20N4O. The van der Waals surface area contributed by atoms with Crippen LogP contribution < -0.4 is 0 Å². The van der Waals surface area contributed by atoms with E-state index in [9.17, 15) is 5.26 Å². The molecule has 1 fully saturated rings. The van der Waals surface area contributed by atoms with Gasteiger partial charge in [-0.15, -0.1) is 0 Å². The Hall–Kier alpha value is -2.29. The summed E-state index contributed by atoms with van der Waals surface area (Å²) in [6, 6.07) is 13.9. The average Bonchev–Trinajstić information content (AvgIpc) is 2.63. The Bertz CT molecular complexity index is 675. The molecule has 5 nitrogen and oxygen atoms in total. The first-order valence-electron chi connectivity index (χ1n) is 7.99. The predicted molar refractivity (Wildman–Crippen MR) is 87.8 cm³/mol. The minimum atomic E-state index is 0.626. The molecule has 0 aliphatic carbocycles. The minimum absolute atomic E-state index is 0.626. The van der Waals surface area contributed by atoms with Crippen molar-refractivity contribution in [3.63, 3.8) is 0 Å². The van der Waals surface area contributed by atoms with Gasteiger partial charge in [0.05, 0.1) is 30.2 Å². The highest BCUT2D eigenvalue weighted by Gasteiger charge is 2.12. The highest BCUT2D eigenvalue weighted by molar-refractivity contribution is 5.60. The summed E-state index contributed by atoms with van der Waals surface area (Å²) in [7, 11) is 0. The Kier molecular flexibility index (Phi) is 5.30. The maximum absolute atomic E-state index is 9.39. The van der Waals surface area contributed by atoms with Gasteiger partial charge in [-0.05, 0) is 25.5 Å². The van der Waals surface area contributed by atoms with Gasteiger partial charge in [0.1, 0.15) is 6.07 Å². The van der Waals surface area contributed by atoms with Gasteiger partial charge in [-0.3, -0.25) is 4.90 Å². The molecule has 0 spiro atoms. The summed E-state index contributed by atoms with van der Waals surface area (Å²) in [5, 5.41) is 18.0. The summed E-state index contributed by atoms with van der Waals surface area (Å²) in [4.78, 5) is 2.39. The van der Waals surface area contributed by atoms with Crippen LogP contribution in [0.25, 0.3) is 11.3 Å². The molecule has 0 atom stereocenters. The molecule has 0 saturated carbocycles. The van der Waals surface area contributed by atoms with Crippen molar-refractivity contribution in [2.75, 3.05) is 32.8 Å². The van der Waals surface area contributed by atoms with Gasteiger partial charge in [-0.1, -0.05) is 30.3 Å². The SMILES string of the molecule is N#Cc1cc(-c2ccccc2)nnc1CCCN1CCOCC1. The molecule has 0 radical (unpaired) electrons. The quantitative estimate of drug-likeness (QED) is 0.848. The Morgan fingerprint density at radius 1 is 1.13 bits per heavy atom. The van der Waals surface area contributed by atoms with E-state index in [0.29, 0.717) is 5.56 Å². The summed E-state index contributed by atoms with van der Waals surface area (Å²) in [6.45, 7) is 4.62. The van der Waals surface area contributed by atoms with E-state index in [1.807, 2.05) is 36.4 Å². The fraction of sp³-hybridized carbons (Fsp3) is 0.389. The van der Waals surface area contributed by atoms with Crippen LogP contribution in [0, 0.1) is 11.3 Å². The van der Waals surface area contributed by atoms with Crippen molar-refractivity contribution in [1.82, 2.24) is 15.1 Å². The van der Waals surface area contributed by atoms with E-state index < -0.39 is 0 Å². The molecule has 0 unspecified atom stereocenters. The average molecular weight is 308 g/mol. The topological polar surface area (TPSA) is 62.0 Å². The van der Waals surface area contributed by atoms with Gasteiger partial charge in [0.15, 0.2) is 0 Å². The van der Waals surface area contributed by atoms with Crippen molar-refractivity contribution < 1.29 is 4.74 Å². The fourth-order valence-electron chi connectivity index (χ4n) is 2.74. The van der Waals surface area contributed by atoms with E-state index in [0.717, 1.165) is 62.6 Å². The Balaban J connectivity index is 1.64. The summed E-state index contributed by atoms with van der Waals surface area (Å²) in [5.74, 6) is 0. The molecule has 5 heteroatoms. The number of hydrogen-bond acceptors (Lipinski definition) is 5. The second kappa shape index (κ2) is 7.82. The molecule has 1 aliphatic heterocycles. The summed E-state index contributed by atoms with van der Waals surface area (Å²) >= 11 is 0. The number of morpholine rings is 1. The third kappa shape index (κ3) is 4.13. The van der Waals surface area contributed by atoms with Crippen LogP contribution in [0.4, 0.5) is 0 Å². The molecule has 23 heavy (non-hydrogen) atoms. The molecule has 1 aromatic carbocycles. The van der Waals surface area contributed by atoms with E-state index in [1.54, 1.807) is 0 Å². The zero-order chi connectivity index (χ0) is 15.9. The normalized spacial score (nSPS) is 15.3. The number of hydrogen-bond donors (Lipinski definition) is 0. The lowest BCUT2D eigenvalue weighted by Crippen LogP contribution is -2.37. The van der Waals surface area contributed by atoms with Crippen LogP contribution in [0.15, 0.2) is 36.4 Å². The fourth-order valence-corrected chi connectivity index (χ4v) is 2.74. The Morgan fingerprint density at radius 3 is 2.65 bits per heavy atom. The van der Waals surface area contributed by atoms with E-state index in [4.69, 9.17) is 4.74 Å². The lowest BCUT2D eigenvalue weighted by Gasteiger charge is -2.26. The van der Waals surface area contributed by atoms with E-state index in [2.05, 4.69) is 21.2 Å². The smallest absolute Gasteiger partial charge is 0.101 e. The molecule has 2 aromatic rings. The van der Waals surface area contributed by atoms with Gasteiger partial charge in [0.25, 0.3) is 0 Å². The Morgan fingerprint density at radius 2 is 1.91 bits per heavy atom. The van der Waals surface area contributed by atoms with E-state index in [-0.39, 0.29) is 0 Å². The van der Waals surface area contributed by atoms with Crippen LogP contribution in [0.5, 0.6) is 0 Å². The second-order valence-corrected chi connectivity index (χ2v) is 5.63. The molecule has 0 N–H and O–H groups in total. The van der Waals surface area contributed by atoms with Crippen LogP contribution in [-0.2, 0) is 11.2 Å². The lowest BCUT2D eigenvalue weighted by atomic mass is 10.1. The van der Waals surface area contributed by atoms with Gasteiger partial charge in [0.2, 0.25) is 0 Å². The highest BCUT2D eigenvalue weighted by atomic mass is 16.5. The highest BCUT2D eigenvalue weighted by Crippen LogP contribution is 2.18. The van der Waals surface area contributed by atoms with Crippen molar-refractivity contribution in [1.29, 1.82) is 5.26 Å². The number of aromatic nitrogens is 2. The third-order valence-corrected chi connectivity index (χ3v) is 4.05. The monoisotopic (exact) mass is 308 g/mol. The van der Waals surface area contributed by atoms with Gasteiger partial charge in [-0.2, -0.15) is 15.5 Å². The van der Waals surface area contributed by atoms with Gasteiger partial charge in [-0.25, -0.2) is 0 Å². The van der Waals surface area contributed by atoms with Crippen molar-refractivity contribution in [3.8, 4) is 17.3 Å². The summed E-state index contributed by atoms with van der Waals surface area (Å²) in [5.41, 5.74) is 3.15. The number of rotatable bonds is 5. The number of aryl methyl sites for hydroxylation is 1. The van der Waals surface area contributed by atoms with Crippen molar-refractivity contribution in [2.24, 2.45) is 0 Å². The van der Waals surface area contributed by atoms with Gasteiger partial charge >= 0.3 is 0 Å². The van der Waals surface area contributed by atoms with E-state index in [1.165, 1.54) is 0 Å². The number of nitriles is 1. The van der Waals surface area contributed by atoms with Crippen LogP contribution >= 0.6 is 0 Å². The summed E-state index contributed by atoms with van der Waals surface area (Å²) < 4.78 is 5.35.